The molecule has 1 aliphatic heterocycles. The maximum absolute atomic E-state index is 10.7. The van der Waals surface area contributed by atoms with Gasteiger partial charge in [0.15, 0.2) is 11.5 Å². The molecule has 1 N–H and O–H groups in total. The molecular weight excluding hydrogens is 234 g/mol. The molecule has 0 spiro atoms. The maximum atomic E-state index is 10.7. The molecule has 2 rings (SSSR count). The van der Waals surface area contributed by atoms with Crippen LogP contribution < -0.4 is 0 Å². The number of nitrogens with zero attached hydrogens (tertiary/aromatic N) is 3. The van der Waals surface area contributed by atoms with E-state index in [1.165, 1.54) is 12.5 Å². The molecule has 0 saturated carbocycles. The minimum Gasteiger partial charge on any atom is -0.476 e. The summed E-state index contributed by atoms with van der Waals surface area (Å²) >= 11 is 0. The van der Waals surface area contributed by atoms with Gasteiger partial charge in [-0.25, -0.2) is 4.79 Å². The molecule has 1 saturated heterocycles. The van der Waals surface area contributed by atoms with Crippen molar-refractivity contribution in [3.05, 3.63) is 17.5 Å². The van der Waals surface area contributed by atoms with Crippen LogP contribution in [0.5, 0.6) is 0 Å². The van der Waals surface area contributed by atoms with Crippen molar-refractivity contribution >= 4 is 5.97 Å². The number of carboxylic acids is 1. The fourth-order valence-electron chi connectivity index (χ4n) is 2.43. The van der Waals surface area contributed by atoms with Gasteiger partial charge in [-0.3, -0.25) is 4.90 Å². The molecule has 1 unspecified atom stereocenters. The Kier molecular flexibility index (Phi) is 3.98. The summed E-state index contributed by atoms with van der Waals surface area (Å²) in [5.41, 5.74) is -0.0287. The molecule has 1 aromatic heterocycles. The third-order valence-corrected chi connectivity index (χ3v) is 3.26. The molecular formula is C12H19N3O3. The van der Waals surface area contributed by atoms with Crippen molar-refractivity contribution < 1.29 is 14.4 Å². The number of carbonyl (C=O) groups is 1. The first-order valence-electron chi connectivity index (χ1n) is 6.10. The zero-order valence-electron chi connectivity index (χ0n) is 10.8. The summed E-state index contributed by atoms with van der Waals surface area (Å²) in [6, 6.07) is 1.49. The summed E-state index contributed by atoms with van der Waals surface area (Å²) in [6.07, 6.45) is 1.22. The van der Waals surface area contributed by atoms with E-state index < -0.39 is 5.97 Å². The molecule has 0 aromatic carbocycles. The van der Waals surface area contributed by atoms with Crippen LogP contribution in [0.3, 0.4) is 0 Å². The van der Waals surface area contributed by atoms with Crippen molar-refractivity contribution in [1.29, 1.82) is 0 Å². The van der Waals surface area contributed by atoms with E-state index in [2.05, 4.69) is 22.0 Å². The van der Waals surface area contributed by atoms with Crippen molar-refractivity contribution in [2.24, 2.45) is 5.92 Å². The topological polar surface area (TPSA) is 69.8 Å². The number of aromatic nitrogens is 1. The smallest absolute Gasteiger partial charge is 0.358 e. The summed E-state index contributed by atoms with van der Waals surface area (Å²) in [4.78, 5) is 15.2. The van der Waals surface area contributed by atoms with Gasteiger partial charge in [-0.1, -0.05) is 5.16 Å². The fraction of sp³-hybridized carbons (Fsp3) is 0.667. The molecule has 0 amide bonds. The van der Waals surface area contributed by atoms with E-state index >= 15 is 0 Å². The van der Waals surface area contributed by atoms with E-state index in [-0.39, 0.29) is 5.69 Å². The molecule has 0 aliphatic carbocycles. The second kappa shape index (κ2) is 5.49. The van der Waals surface area contributed by atoms with E-state index in [1.807, 2.05) is 7.05 Å². The Morgan fingerprint density at radius 2 is 2.50 bits per heavy atom. The third-order valence-electron chi connectivity index (χ3n) is 3.26. The Labute approximate surface area is 106 Å². The Morgan fingerprint density at radius 1 is 1.72 bits per heavy atom. The van der Waals surface area contributed by atoms with Crippen LogP contribution in [0, 0.1) is 5.92 Å². The Balaban J connectivity index is 1.82. The number of hydrogen-bond donors (Lipinski definition) is 1. The molecule has 0 radical (unpaired) electrons. The van der Waals surface area contributed by atoms with Gasteiger partial charge in [0.2, 0.25) is 0 Å². The molecule has 1 aromatic rings. The predicted octanol–water partition coefficient (Wildman–Crippen LogP) is 0.756. The number of rotatable bonds is 5. The molecule has 6 heteroatoms. The first-order valence-corrected chi connectivity index (χ1v) is 6.10. The van der Waals surface area contributed by atoms with Gasteiger partial charge in [0.25, 0.3) is 0 Å². The van der Waals surface area contributed by atoms with Crippen LogP contribution in [0.2, 0.25) is 0 Å². The van der Waals surface area contributed by atoms with Crippen LogP contribution in [0.1, 0.15) is 22.7 Å². The molecule has 1 fully saturated rings. The maximum Gasteiger partial charge on any atom is 0.358 e. The average molecular weight is 253 g/mol. The van der Waals surface area contributed by atoms with E-state index in [0.717, 1.165) is 19.6 Å². The van der Waals surface area contributed by atoms with E-state index in [1.54, 1.807) is 0 Å². The summed E-state index contributed by atoms with van der Waals surface area (Å²) in [5, 5.41) is 12.3. The largest absolute Gasteiger partial charge is 0.476 e. The summed E-state index contributed by atoms with van der Waals surface area (Å²) < 4.78 is 5.00. The number of hydrogen-bond acceptors (Lipinski definition) is 5. The molecule has 100 valence electrons. The second-order valence-electron chi connectivity index (χ2n) is 5.10. The zero-order chi connectivity index (χ0) is 13.1. The number of carboxylic acid groups (broad SMARTS) is 1. The standard InChI is InChI=1S/C12H19N3O3/c1-14-4-3-9(6-14)7-15(2)8-10-5-11(12(16)17)13-18-10/h5,9H,3-4,6-8H2,1-2H3,(H,16,17). The normalized spacial score (nSPS) is 20.7. The lowest BCUT2D eigenvalue weighted by Gasteiger charge is -2.19. The first kappa shape index (κ1) is 13.0. The summed E-state index contributed by atoms with van der Waals surface area (Å²) in [7, 11) is 4.15. The number of likely N-dealkylation sites (tertiary alicyclic amines) is 1. The SMILES string of the molecule is CN1CCC(CN(C)Cc2cc(C(=O)O)no2)C1. The van der Waals surface area contributed by atoms with Crippen LogP contribution in [0.15, 0.2) is 10.6 Å². The summed E-state index contributed by atoms with van der Waals surface area (Å²) in [5.74, 6) is 0.230. The third kappa shape index (κ3) is 3.30. The zero-order valence-corrected chi connectivity index (χ0v) is 10.8. The van der Waals surface area contributed by atoms with Crippen molar-refractivity contribution in [3.8, 4) is 0 Å². The molecule has 18 heavy (non-hydrogen) atoms. The lowest BCUT2D eigenvalue weighted by atomic mass is 10.1. The highest BCUT2D eigenvalue weighted by Gasteiger charge is 2.21. The van der Waals surface area contributed by atoms with Crippen LogP contribution in [0.25, 0.3) is 0 Å². The highest BCUT2D eigenvalue weighted by Crippen LogP contribution is 2.16. The molecule has 6 nitrogen and oxygen atoms in total. The van der Waals surface area contributed by atoms with Gasteiger partial charge in [-0.05, 0) is 33.0 Å². The second-order valence-corrected chi connectivity index (χ2v) is 5.10. The van der Waals surface area contributed by atoms with Crippen LogP contribution in [0.4, 0.5) is 0 Å². The van der Waals surface area contributed by atoms with Gasteiger partial charge < -0.3 is 14.5 Å². The quantitative estimate of drug-likeness (QED) is 0.835. The highest BCUT2D eigenvalue weighted by molar-refractivity contribution is 5.85. The molecule has 1 aliphatic rings. The van der Waals surface area contributed by atoms with E-state index in [0.29, 0.717) is 18.2 Å². The summed E-state index contributed by atoms with van der Waals surface area (Å²) in [6.45, 7) is 3.87. The van der Waals surface area contributed by atoms with Gasteiger partial charge in [-0.2, -0.15) is 0 Å². The first-order chi connectivity index (χ1) is 8.54. The van der Waals surface area contributed by atoms with E-state index in [9.17, 15) is 4.79 Å². The Hall–Kier alpha value is -1.40. The lowest BCUT2D eigenvalue weighted by molar-refractivity contribution is 0.0685. The Bertz CT molecular complexity index is 418. The van der Waals surface area contributed by atoms with Crippen molar-refractivity contribution in [3.63, 3.8) is 0 Å². The van der Waals surface area contributed by atoms with Crippen molar-refractivity contribution in [1.82, 2.24) is 15.0 Å². The van der Waals surface area contributed by atoms with Crippen molar-refractivity contribution in [2.45, 2.75) is 13.0 Å². The predicted molar refractivity (Wildman–Crippen MR) is 65.4 cm³/mol. The van der Waals surface area contributed by atoms with Gasteiger partial charge in [0.05, 0.1) is 6.54 Å². The minimum absolute atomic E-state index is 0.0287. The van der Waals surface area contributed by atoms with Gasteiger partial charge in [0.1, 0.15) is 0 Å². The molecule has 1 atom stereocenters. The lowest BCUT2D eigenvalue weighted by Crippen LogP contribution is -2.26. The van der Waals surface area contributed by atoms with E-state index in [4.69, 9.17) is 9.63 Å². The molecule has 0 bridgehead atoms. The van der Waals surface area contributed by atoms with Gasteiger partial charge >= 0.3 is 5.97 Å². The van der Waals surface area contributed by atoms with Gasteiger partial charge in [0, 0.05) is 19.2 Å². The van der Waals surface area contributed by atoms with Crippen LogP contribution in [-0.4, -0.2) is 59.8 Å². The van der Waals surface area contributed by atoms with Gasteiger partial charge in [-0.15, -0.1) is 0 Å². The van der Waals surface area contributed by atoms with Crippen LogP contribution >= 0.6 is 0 Å². The minimum atomic E-state index is -1.05. The number of aromatic carboxylic acids is 1. The van der Waals surface area contributed by atoms with Crippen LogP contribution in [-0.2, 0) is 6.54 Å². The highest BCUT2D eigenvalue weighted by atomic mass is 16.5. The average Bonchev–Trinajstić information content (AvgIpc) is 2.88. The Morgan fingerprint density at radius 3 is 3.06 bits per heavy atom. The fourth-order valence-corrected chi connectivity index (χ4v) is 2.43. The van der Waals surface area contributed by atoms with Crippen molar-refractivity contribution in [2.75, 3.05) is 33.7 Å². The molecule has 2 heterocycles. The monoisotopic (exact) mass is 253 g/mol.